The van der Waals surface area contributed by atoms with Crippen LogP contribution >= 0.6 is 0 Å². The van der Waals surface area contributed by atoms with Gasteiger partial charge >= 0.3 is 0 Å². The highest BCUT2D eigenvalue weighted by Gasteiger charge is 2.23. The van der Waals surface area contributed by atoms with E-state index in [0.29, 0.717) is 6.42 Å². The Balaban J connectivity index is 1.26. The lowest BCUT2D eigenvalue weighted by Crippen LogP contribution is -2.50. The molecule has 5 nitrogen and oxygen atoms in total. The Morgan fingerprint density at radius 1 is 1.11 bits per heavy atom. The van der Waals surface area contributed by atoms with Gasteiger partial charge < -0.3 is 16.0 Å². The summed E-state index contributed by atoms with van der Waals surface area (Å²) in [5, 5.41) is 4.30. The van der Waals surface area contributed by atoms with Gasteiger partial charge in [-0.05, 0) is 36.5 Å². The number of likely N-dealkylation sites (tertiary alicyclic amines) is 1. The van der Waals surface area contributed by atoms with E-state index < -0.39 is 6.04 Å². The van der Waals surface area contributed by atoms with Crippen molar-refractivity contribution in [3.8, 4) is 0 Å². The molecule has 3 aromatic rings. The second-order valence-electron chi connectivity index (χ2n) is 7.71. The molecule has 1 aliphatic heterocycles. The SMILES string of the molecule is N[C@@H](Cc1c[nH]c2ccccc12)C(=O)NC1CCN(Cc2ccccc2)CC1. The molecule has 2 heterocycles. The van der Waals surface area contributed by atoms with E-state index in [2.05, 4.69) is 45.5 Å². The zero-order valence-corrected chi connectivity index (χ0v) is 16.1. The molecule has 0 aliphatic carbocycles. The van der Waals surface area contributed by atoms with E-state index in [-0.39, 0.29) is 11.9 Å². The second-order valence-corrected chi connectivity index (χ2v) is 7.71. The molecule has 1 aliphatic rings. The smallest absolute Gasteiger partial charge is 0.237 e. The molecule has 0 radical (unpaired) electrons. The number of amides is 1. The van der Waals surface area contributed by atoms with Crippen LogP contribution in [0.25, 0.3) is 10.9 Å². The molecule has 5 heteroatoms. The number of rotatable bonds is 6. The molecule has 4 N–H and O–H groups in total. The molecule has 1 saturated heterocycles. The lowest BCUT2D eigenvalue weighted by atomic mass is 10.0. The van der Waals surface area contributed by atoms with Crippen molar-refractivity contribution in [1.82, 2.24) is 15.2 Å². The van der Waals surface area contributed by atoms with Gasteiger partial charge in [-0.15, -0.1) is 0 Å². The summed E-state index contributed by atoms with van der Waals surface area (Å²) in [4.78, 5) is 18.3. The number of nitrogens with two attached hydrogens (primary N) is 1. The number of benzene rings is 2. The Bertz CT molecular complexity index is 913. The van der Waals surface area contributed by atoms with Gasteiger partial charge in [0, 0.05) is 42.8 Å². The summed E-state index contributed by atoms with van der Waals surface area (Å²) in [5.41, 5.74) is 9.72. The monoisotopic (exact) mass is 376 g/mol. The first-order valence-electron chi connectivity index (χ1n) is 10.1. The molecular weight excluding hydrogens is 348 g/mol. The molecule has 0 unspecified atom stereocenters. The summed E-state index contributed by atoms with van der Waals surface area (Å²) in [6.45, 7) is 2.97. The number of carbonyl (C=O) groups is 1. The van der Waals surface area contributed by atoms with Crippen molar-refractivity contribution in [3.63, 3.8) is 0 Å². The second kappa shape index (κ2) is 8.59. The zero-order valence-electron chi connectivity index (χ0n) is 16.1. The number of nitrogens with one attached hydrogen (secondary N) is 2. The maximum atomic E-state index is 12.6. The summed E-state index contributed by atoms with van der Waals surface area (Å²) in [7, 11) is 0. The van der Waals surface area contributed by atoms with E-state index >= 15 is 0 Å². The number of piperidine rings is 1. The Hall–Kier alpha value is -2.63. The molecule has 146 valence electrons. The number of nitrogens with zero attached hydrogens (tertiary/aromatic N) is 1. The lowest BCUT2D eigenvalue weighted by molar-refractivity contribution is -0.123. The van der Waals surface area contributed by atoms with Crippen LogP contribution in [0.4, 0.5) is 0 Å². The summed E-state index contributed by atoms with van der Waals surface area (Å²) < 4.78 is 0. The summed E-state index contributed by atoms with van der Waals surface area (Å²) in [5.74, 6) is -0.0493. The minimum Gasteiger partial charge on any atom is -0.361 e. The van der Waals surface area contributed by atoms with Crippen LogP contribution in [0.1, 0.15) is 24.0 Å². The highest BCUT2D eigenvalue weighted by molar-refractivity contribution is 5.86. The molecule has 28 heavy (non-hydrogen) atoms. The van der Waals surface area contributed by atoms with Gasteiger partial charge in [0.2, 0.25) is 5.91 Å². The van der Waals surface area contributed by atoms with Gasteiger partial charge in [0.05, 0.1) is 6.04 Å². The van der Waals surface area contributed by atoms with Crippen LogP contribution in [0.5, 0.6) is 0 Å². The van der Waals surface area contributed by atoms with Crippen molar-refractivity contribution in [2.45, 2.75) is 37.9 Å². The molecule has 0 saturated carbocycles. The number of hydrogen-bond donors (Lipinski definition) is 3. The summed E-state index contributed by atoms with van der Waals surface area (Å²) >= 11 is 0. The minimum absolute atomic E-state index is 0.0493. The fraction of sp³-hybridized carbons (Fsp3) is 0.348. The fourth-order valence-electron chi connectivity index (χ4n) is 4.02. The number of hydrogen-bond acceptors (Lipinski definition) is 3. The molecule has 0 bridgehead atoms. The molecular formula is C23H28N4O. The lowest BCUT2D eigenvalue weighted by Gasteiger charge is -2.32. The standard InChI is InChI=1S/C23H28N4O/c24-21(14-18-15-25-22-9-5-4-8-20(18)22)23(28)26-19-10-12-27(13-11-19)16-17-6-2-1-3-7-17/h1-9,15,19,21,25H,10-14,16,24H2,(H,26,28)/t21-/m0/s1. The zero-order chi connectivity index (χ0) is 19.3. The van der Waals surface area contributed by atoms with Crippen molar-refractivity contribution in [1.29, 1.82) is 0 Å². The number of fused-ring (bicyclic) bond motifs is 1. The molecule has 1 atom stereocenters. The Kier molecular flexibility index (Phi) is 5.74. The van der Waals surface area contributed by atoms with Gasteiger partial charge in [-0.25, -0.2) is 0 Å². The molecule has 2 aromatic carbocycles. The van der Waals surface area contributed by atoms with Crippen LogP contribution in [0.3, 0.4) is 0 Å². The fourth-order valence-corrected chi connectivity index (χ4v) is 4.02. The molecule has 4 rings (SSSR count). The third-order valence-electron chi connectivity index (χ3n) is 5.63. The highest BCUT2D eigenvalue weighted by atomic mass is 16.2. The highest BCUT2D eigenvalue weighted by Crippen LogP contribution is 2.19. The van der Waals surface area contributed by atoms with E-state index in [0.717, 1.165) is 48.9 Å². The summed E-state index contributed by atoms with van der Waals surface area (Å²) in [6.07, 6.45) is 4.44. The predicted octanol–water partition coefficient (Wildman–Crippen LogP) is 2.82. The van der Waals surface area contributed by atoms with Crippen molar-refractivity contribution in [3.05, 3.63) is 71.9 Å². The number of carbonyl (C=O) groups excluding carboxylic acids is 1. The van der Waals surface area contributed by atoms with Crippen molar-refractivity contribution in [2.75, 3.05) is 13.1 Å². The first-order valence-corrected chi connectivity index (χ1v) is 10.1. The van der Waals surface area contributed by atoms with Crippen LogP contribution in [-0.4, -0.2) is 41.0 Å². The van der Waals surface area contributed by atoms with Crippen molar-refractivity contribution >= 4 is 16.8 Å². The third-order valence-corrected chi connectivity index (χ3v) is 5.63. The van der Waals surface area contributed by atoms with E-state index in [4.69, 9.17) is 5.73 Å². The maximum absolute atomic E-state index is 12.6. The van der Waals surface area contributed by atoms with Crippen LogP contribution in [0, 0.1) is 0 Å². The number of H-pyrrole nitrogens is 1. The van der Waals surface area contributed by atoms with Crippen molar-refractivity contribution in [2.24, 2.45) is 5.73 Å². The Labute approximate surface area is 165 Å². The number of aromatic amines is 1. The number of aromatic nitrogens is 1. The topological polar surface area (TPSA) is 74.1 Å². The molecule has 0 spiro atoms. The Morgan fingerprint density at radius 3 is 2.61 bits per heavy atom. The van der Waals surface area contributed by atoms with Crippen LogP contribution in [-0.2, 0) is 17.8 Å². The van der Waals surface area contributed by atoms with Crippen LogP contribution in [0.2, 0.25) is 0 Å². The first-order chi connectivity index (χ1) is 13.7. The van der Waals surface area contributed by atoms with E-state index in [1.54, 1.807) is 0 Å². The van der Waals surface area contributed by atoms with E-state index in [1.165, 1.54) is 5.56 Å². The van der Waals surface area contributed by atoms with Gasteiger partial charge in [0.15, 0.2) is 0 Å². The maximum Gasteiger partial charge on any atom is 0.237 e. The predicted molar refractivity (Wildman–Crippen MR) is 113 cm³/mol. The number of para-hydroxylation sites is 1. The first kappa shape index (κ1) is 18.7. The summed E-state index contributed by atoms with van der Waals surface area (Å²) in [6, 6.07) is 18.3. The van der Waals surface area contributed by atoms with Gasteiger partial charge in [0.25, 0.3) is 0 Å². The minimum atomic E-state index is -0.526. The van der Waals surface area contributed by atoms with E-state index in [1.807, 2.05) is 30.5 Å². The molecule has 1 fully saturated rings. The van der Waals surface area contributed by atoms with Gasteiger partial charge in [-0.3, -0.25) is 9.69 Å². The average Bonchev–Trinajstić information content (AvgIpc) is 3.13. The van der Waals surface area contributed by atoms with Crippen LogP contribution in [0.15, 0.2) is 60.8 Å². The molecule has 1 amide bonds. The van der Waals surface area contributed by atoms with Gasteiger partial charge in [-0.1, -0.05) is 48.5 Å². The van der Waals surface area contributed by atoms with Gasteiger partial charge in [0.1, 0.15) is 0 Å². The largest absolute Gasteiger partial charge is 0.361 e. The van der Waals surface area contributed by atoms with Gasteiger partial charge in [-0.2, -0.15) is 0 Å². The van der Waals surface area contributed by atoms with Crippen LogP contribution < -0.4 is 11.1 Å². The third kappa shape index (κ3) is 4.43. The normalized spacial score (nSPS) is 16.9. The van der Waals surface area contributed by atoms with E-state index in [9.17, 15) is 4.79 Å². The average molecular weight is 377 g/mol. The quantitative estimate of drug-likeness (QED) is 0.619. The van der Waals surface area contributed by atoms with Crippen molar-refractivity contribution < 1.29 is 4.79 Å². The Morgan fingerprint density at radius 2 is 1.82 bits per heavy atom. The molecule has 1 aromatic heterocycles.